The molecule has 1 amide bonds. The lowest BCUT2D eigenvalue weighted by Crippen LogP contribution is -2.12. The molecule has 2 aromatic heterocycles. The maximum Gasteiger partial charge on any atom is 0.267 e. The number of aryl methyl sites for hydroxylation is 1. The molecule has 0 bridgehead atoms. The van der Waals surface area contributed by atoms with Gasteiger partial charge < -0.3 is 5.32 Å². The zero-order chi connectivity index (χ0) is 17.2. The van der Waals surface area contributed by atoms with Crippen molar-refractivity contribution in [1.82, 2.24) is 9.97 Å². The zero-order valence-electron chi connectivity index (χ0n) is 13.6. The van der Waals surface area contributed by atoms with Gasteiger partial charge in [-0.2, -0.15) is 0 Å². The van der Waals surface area contributed by atoms with Gasteiger partial charge in [0.1, 0.15) is 9.88 Å². The highest BCUT2D eigenvalue weighted by molar-refractivity contribution is 7.17. The Bertz CT molecular complexity index is 1050. The molecule has 0 aliphatic carbocycles. The number of carbonyl (C=O) groups is 1. The van der Waals surface area contributed by atoms with E-state index >= 15 is 0 Å². The van der Waals surface area contributed by atoms with E-state index in [4.69, 9.17) is 0 Å². The largest absolute Gasteiger partial charge is 0.319 e. The molecule has 5 heteroatoms. The average molecular weight is 345 g/mol. The van der Waals surface area contributed by atoms with Gasteiger partial charge in [0.05, 0.1) is 16.9 Å². The third kappa shape index (κ3) is 3.02. The maximum absolute atomic E-state index is 12.8. The second-order valence-corrected chi connectivity index (χ2v) is 6.63. The average Bonchev–Trinajstić information content (AvgIpc) is 3.05. The molecule has 0 spiro atoms. The summed E-state index contributed by atoms with van der Waals surface area (Å²) in [5.74, 6) is -0.157. The quantitative estimate of drug-likeness (QED) is 0.573. The zero-order valence-corrected chi connectivity index (χ0v) is 14.4. The van der Waals surface area contributed by atoms with Crippen LogP contribution < -0.4 is 5.32 Å². The van der Waals surface area contributed by atoms with E-state index in [0.717, 1.165) is 27.2 Å². The maximum atomic E-state index is 12.8. The van der Waals surface area contributed by atoms with Crippen LogP contribution in [-0.4, -0.2) is 15.9 Å². The minimum absolute atomic E-state index is 0.157. The number of hydrogen-bond donors (Lipinski definition) is 1. The Morgan fingerprint density at radius 3 is 2.64 bits per heavy atom. The Morgan fingerprint density at radius 1 is 1.00 bits per heavy atom. The fraction of sp³-hybridized carbons (Fsp3) is 0.0500. The number of benzene rings is 2. The standard InChI is InChI=1S/C20H15N3OS/c1-13-18(25-20(22-13)15-7-3-2-4-8-15)19(24)23-16-11-5-9-14-10-6-12-21-17(14)16/h2-12H,1H3,(H,23,24). The van der Waals surface area contributed by atoms with Crippen molar-refractivity contribution in [1.29, 1.82) is 0 Å². The molecule has 0 aliphatic heterocycles. The molecule has 0 saturated heterocycles. The van der Waals surface area contributed by atoms with Gasteiger partial charge in [-0.25, -0.2) is 4.98 Å². The third-order valence-electron chi connectivity index (χ3n) is 3.90. The van der Waals surface area contributed by atoms with Gasteiger partial charge in [0.25, 0.3) is 5.91 Å². The molecular formula is C20H15N3OS. The fourth-order valence-electron chi connectivity index (χ4n) is 2.70. The van der Waals surface area contributed by atoms with Gasteiger partial charge in [-0.1, -0.05) is 48.5 Å². The van der Waals surface area contributed by atoms with E-state index < -0.39 is 0 Å². The van der Waals surface area contributed by atoms with Crippen LogP contribution in [-0.2, 0) is 0 Å². The number of carbonyl (C=O) groups excluding carboxylic acids is 1. The van der Waals surface area contributed by atoms with Crippen molar-refractivity contribution in [2.45, 2.75) is 6.92 Å². The summed E-state index contributed by atoms with van der Waals surface area (Å²) in [6.07, 6.45) is 1.73. The summed E-state index contributed by atoms with van der Waals surface area (Å²) in [6, 6.07) is 19.5. The van der Waals surface area contributed by atoms with E-state index in [0.29, 0.717) is 10.6 Å². The van der Waals surface area contributed by atoms with Crippen LogP contribution in [0.25, 0.3) is 21.5 Å². The van der Waals surface area contributed by atoms with E-state index in [1.54, 1.807) is 6.20 Å². The molecule has 1 N–H and O–H groups in total. The number of thiazole rings is 1. The van der Waals surface area contributed by atoms with Gasteiger partial charge in [-0.3, -0.25) is 9.78 Å². The molecular weight excluding hydrogens is 330 g/mol. The van der Waals surface area contributed by atoms with Crippen LogP contribution in [0.4, 0.5) is 5.69 Å². The number of aromatic nitrogens is 2. The SMILES string of the molecule is Cc1nc(-c2ccccc2)sc1C(=O)Nc1cccc2cccnc12. The first-order valence-electron chi connectivity index (χ1n) is 7.90. The third-order valence-corrected chi connectivity index (χ3v) is 5.11. The van der Waals surface area contributed by atoms with Gasteiger partial charge in [0.15, 0.2) is 0 Å². The highest BCUT2D eigenvalue weighted by atomic mass is 32.1. The normalized spacial score (nSPS) is 10.8. The monoisotopic (exact) mass is 345 g/mol. The van der Waals surface area contributed by atoms with Crippen molar-refractivity contribution in [3.63, 3.8) is 0 Å². The summed E-state index contributed by atoms with van der Waals surface area (Å²) < 4.78 is 0. The van der Waals surface area contributed by atoms with Crippen LogP contribution in [0.1, 0.15) is 15.4 Å². The van der Waals surface area contributed by atoms with Crippen molar-refractivity contribution >= 4 is 33.8 Å². The number of para-hydroxylation sites is 1. The van der Waals surface area contributed by atoms with Crippen LogP contribution in [0.15, 0.2) is 66.9 Å². The molecule has 0 fully saturated rings. The highest BCUT2D eigenvalue weighted by Crippen LogP contribution is 2.29. The van der Waals surface area contributed by atoms with E-state index in [-0.39, 0.29) is 5.91 Å². The topological polar surface area (TPSA) is 54.9 Å². The number of rotatable bonds is 3. The minimum Gasteiger partial charge on any atom is -0.319 e. The van der Waals surface area contributed by atoms with Crippen LogP contribution >= 0.6 is 11.3 Å². The predicted molar refractivity (Wildman–Crippen MR) is 102 cm³/mol. The molecule has 0 unspecified atom stereocenters. The summed E-state index contributed by atoms with van der Waals surface area (Å²) in [5, 5.41) is 4.81. The number of hydrogen-bond acceptors (Lipinski definition) is 4. The molecule has 4 aromatic rings. The molecule has 2 aromatic carbocycles. The van der Waals surface area contributed by atoms with Gasteiger partial charge in [0, 0.05) is 17.1 Å². The Labute approximate surface area is 149 Å². The molecule has 0 saturated carbocycles. The number of pyridine rings is 1. The molecule has 4 rings (SSSR count). The van der Waals surface area contributed by atoms with Gasteiger partial charge in [-0.15, -0.1) is 11.3 Å². The Hall–Kier alpha value is -3.05. The lowest BCUT2D eigenvalue weighted by atomic mass is 10.2. The first-order chi connectivity index (χ1) is 12.2. The summed E-state index contributed by atoms with van der Waals surface area (Å²) in [4.78, 5) is 22.3. The number of fused-ring (bicyclic) bond motifs is 1. The molecule has 4 nitrogen and oxygen atoms in total. The first-order valence-corrected chi connectivity index (χ1v) is 8.72. The second-order valence-electron chi connectivity index (χ2n) is 5.63. The van der Waals surface area contributed by atoms with Crippen LogP contribution in [0.5, 0.6) is 0 Å². The summed E-state index contributed by atoms with van der Waals surface area (Å²) in [7, 11) is 0. The van der Waals surface area contributed by atoms with Crippen molar-refractivity contribution in [3.05, 3.63) is 77.4 Å². The number of nitrogens with zero attached hydrogens (tertiary/aromatic N) is 2. The lowest BCUT2D eigenvalue weighted by Gasteiger charge is -2.07. The van der Waals surface area contributed by atoms with Crippen molar-refractivity contribution < 1.29 is 4.79 Å². The van der Waals surface area contributed by atoms with Crippen LogP contribution in [0, 0.1) is 6.92 Å². The minimum atomic E-state index is -0.157. The van der Waals surface area contributed by atoms with Crippen molar-refractivity contribution in [2.75, 3.05) is 5.32 Å². The number of nitrogens with one attached hydrogen (secondary N) is 1. The summed E-state index contributed by atoms with van der Waals surface area (Å²) in [5.41, 5.74) is 3.23. The molecule has 25 heavy (non-hydrogen) atoms. The predicted octanol–water partition coefficient (Wildman–Crippen LogP) is 4.92. The summed E-state index contributed by atoms with van der Waals surface area (Å²) >= 11 is 1.40. The van der Waals surface area contributed by atoms with Crippen molar-refractivity contribution in [2.24, 2.45) is 0 Å². The van der Waals surface area contributed by atoms with E-state index in [1.165, 1.54) is 11.3 Å². The lowest BCUT2D eigenvalue weighted by molar-refractivity contribution is 0.103. The smallest absolute Gasteiger partial charge is 0.267 e. The van der Waals surface area contributed by atoms with E-state index in [2.05, 4.69) is 15.3 Å². The highest BCUT2D eigenvalue weighted by Gasteiger charge is 2.17. The number of amides is 1. The van der Waals surface area contributed by atoms with Crippen molar-refractivity contribution in [3.8, 4) is 10.6 Å². The second kappa shape index (κ2) is 6.45. The van der Waals surface area contributed by atoms with Gasteiger partial charge in [0.2, 0.25) is 0 Å². The Balaban J connectivity index is 1.66. The van der Waals surface area contributed by atoms with Gasteiger partial charge >= 0.3 is 0 Å². The molecule has 0 radical (unpaired) electrons. The molecule has 2 heterocycles. The Morgan fingerprint density at radius 2 is 1.80 bits per heavy atom. The molecule has 0 atom stereocenters. The first kappa shape index (κ1) is 15.5. The van der Waals surface area contributed by atoms with Crippen LogP contribution in [0.2, 0.25) is 0 Å². The Kier molecular flexibility index (Phi) is 3.99. The number of anilines is 1. The molecule has 122 valence electrons. The molecule has 0 aliphatic rings. The fourth-order valence-corrected chi connectivity index (χ4v) is 3.66. The van der Waals surface area contributed by atoms with Crippen LogP contribution in [0.3, 0.4) is 0 Å². The van der Waals surface area contributed by atoms with Gasteiger partial charge in [-0.05, 0) is 19.1 Å². The van der Waals surface area contributed by atoms with E-state index in [9.17, 15) is 4.79 Å². The summed E-state index contributed by atoms with van der Waals surface area (Å²) in [6.45, 7) is 1.86. The van der Waals surface area contributed by atoms with E-state index in [1.807, 2.05) is 67.6 Å².